The van der Waals surface area contributed by atoms with E-state index in [2.05, 4.69) is 9.97 Å². The predicted octanol–water partition coefficient (Wildman–Crippen LogP) is 3.50. The minimum atomic E-state index is -0.356. The normalized spacial score (nSPS) is 10.9. The number of hydrogen-bond acceptors (Lipinski definition) is 4. The molecule has 0 fully saturated rings. The van der Waals surface area contributed by atoms with Crippen molar-refractivity contribution in [3.63, 3.8) is 0 Å². The van der Waals surface area contributed by atoms with Crippen LogP contribution in [0.1, 0.15) is 21.9 Å². The number of nitrogens with one attached hydrogen (secondary N) is 1. The third-order valence-corrected chi connectivity index (χ3v) is 4.31. The highest BCUT2D eigenvalue weighted by atomic mass is 19.1. The molecular formula is C21H16FN3O3. The van der Waals surface area contributed by atoms with Crippen LogP contribution in [0.5, 0.6) is 0 Å². The van der Waals surface area contributed by atoms with Crippen LogP contribution in [0.2, 0.25) is 0 Å². The maximum atomic E-state index is 13.2. The van der Waals surface area contributed by atoms with Gasteiger partial charge in [-0.2, -0.15) is 0 Å². The van der Waals surface area contributed by atoms with Gasteiger partial charge in [0.25, 0.3) is 11.5 Å². The fraction of sp³-hybridized carbons (Fsp3) is 0.0952. The molecule has 28 heavy (non-hydrogen) atoms. The minimum absolute atomic E-state index is 0.0665. The zero-order chi connectivity index (χ0) is 19.5. The van der Waals surface area contributed by atoms with E-state index >= 15 is 0 Å². The van der Waals surface area contributed by atoms with Crippen molar-refractivity contribution in [3.8, 4) is 0 Å². The van der Waals surface area contributed by atoms with Gasteiger partial charge in [-0.3, -0.25) is 9.59 Å². The first-order chi connectivity index (χ1) is 13.6. The van der Waals surface area contributed by atoms with Crippen molar-refractivity contribution in [2.75, 3.05) is 0 Å². The van der Waals surface area contributed by atoms with Crippen LogP contribution in [0, 0.1) is 5.82 Å². The molecule has 2 aromatic heterocycles. The van der Waals surface area contributed by atoms with Gasteiger partial charge in [0.2, 0.25) is 0 Å². The van der Waals surface area contributed by atoms with E-state index in [1.807, 2.05) is 0 Å². The first-order valence-electron chi connectivity index (χ1n) is 8.65. The van der Waals surface area contributed by atoms with Gasteiger partial charge in [0.15, 0.2) is 5.76 Å². The van der Waals surface area contributed by atoms with Gasteiger partial charge < -0.3 is 14.3 Å². The van der Waals surface area contributed by atoms with Crippen LogP contribution in [-0.2, 0) is 13.1 Å². The van der Waals surface area contributed by atoms with Gasteiger partial charge >= 0.3 is 0 Å². The Kier molecular flexibility index (Phi) is 4.72. The molecule has 7 heteroatoms. The lowest BCUT2D eigenvalue weighted by Gasteiger charge is -2.21. The summed E-state index contributed by atoms with van der Waals surface area (Å²) in [6, 6.07) is 16.1. The number of furan rings is 1. The van der Waals surface area contributed by atoms with Crippen LogP contribution in [0.4, 0.5) is 4.39 Å². The summed E-state index contributed by atoms with van der Waals surface area (Å²) in [6.07, 6.45) is 1.42. The number of rotatable bonds is 5. The molecule has 0 saturated carbocycles. The van der Waals surface area contributed by atoms with Crippen molar-refractivity contribution in [1.82, 2.24) is 14.9 Å². The summed E-state index contributed by atoms with van der Waals surface area (Å²) >= 11 is 0. The summed E-state index contributed by atoms with van der Waals surface area (Å²) < 4.78 is 18.4. The molecule has 2 aromatic carbocycles. The molecule has 0 bridgehead atoms. The second-order valence-electron chi connectivity index (χ2n) is 6.29. The van der Waals surface area contributed by atoms with E-state index in [4.69, 9.17) is 4.42 Å². The molecule has 0 unspecified atom stereocenters. The second-order valence-corrected chi connectivity index (χ2v) is 6.29. The van der Waals surface area contributed by atoms with E-state index < -0.39 is 0 Å². The molecule has 0 aliphatic rings. The Balaban J connectivity index is 1.67. The Labute approximate surface area is 159 Å². The van der Waals surface area contributed by atoms with Crippen LogP contribution in [0.3, 0.4) is 0 Å². The van der Waals surface area contributed by atoms with Crippen LogP contribution in [0.15, 0.2) is 76.1 Å². The number of fused-ring (bicyclic) bond motifs is 1. The number of hydrogen-bond donors (Lipinski definition) is 1. The zero-order valence-electron chi connectivity index (χ0n) is 14.8. The maximum absolute atomic E-state index is 13.2. The summed E-state index contributed by atoms with van der Waals surface area (Å²) in [6.45, 7) is 0.271. The fourth-order valence-electron chi connectivity index (χ4n) is 2.96. The second kappa shape index (κ2) is 7.48. The number of para-hydroxylation sites is 1. The number of nitrogens with zero attached hydrogens (tertiary/aromatic N) is 2. The van der Waals surface area contributed by atoms with E-state index in [1.54, 1.807) is 48.5 Å². The van der Waals surface area contributed by atoms with Crippen molar-refractivity contribution in [2.45, 2.75) is 13.1 Å². The van der Waals surface area contributed by atoms with Crippen LogP contribution in [-0.4, -0.2) is 20.8 Å². The van der Waals surface area contributed by atoms with Gasteiger partial charge in [-0.25, -0.2) is 9.37 Å². The zero-order valence-corrected chi connectivity index (χ0v) is 14.8. The van der Waals surface area contributed by atoms with Gasteiger partial charge in [-0.15, -0.1) is 0 Å². The van der Waals surface area contributed by atoms with Crippen LogP contribution in [0.25, 0.3) is 10.9 Å². The number of H-pyrrole nitrogens is 1. The molecule has 0 atom stereocenters. The van der Waals surface area contributed by atoms with E-state index in [-0.39, 0.29) is 36.1 Å². The summed E-state index contributed by atoms with van der Waals surface area (Å²) in [5.41, 5.74) is 1.02. The molecular weight excluding hydrogens is 361 g/mol. The van der Waals surface area contributed by atoms with Gasteiger partial charge in [-0.1, -0.05) is 24.3 Å². The van der Waals surface area contributed by atoms with Crippen LogP contribution >= 0.6 is 0 Å². The third kappa shape index (κ3) is 3.68. The molecule has 4 aromatic rings. The fourth-order valence-corrected chi connectivity index (χ4v) is 2.96. The summed E-state index contributed by atoms with van der Waals surface area (Å²) in [7, 11) is 0. The van der Waals surface area contributed by atoms with E-state index in [9.17, 15) is 14.0 Å². The average Bonchev–Trinajstić information content (AvgIpc) is 3.23. The SMILES string of the molecule is O=C(c1ccco1)N(Cc1ccc(F)cc1)Cc1nc2ccccc2c(=O)[nH]1. The largest absolute Gasteiger partial charge is 0.459 e. The van der Waals surface area contributed by atoms with Crippen LogP contribution < -0.4 is 5.56 Å². The molecule has 0 aliphatic carbocycles. The van der Waals surface area contributed by atoms with Gasteiger partial charge in [0.05, 0.1) is 23.7 Å². The van der Waals surface area contributed by atoms with E-state index in [0.29, 0.717) is 16.7 Å². The molecule has 1 N–H and O–H groups in total. The van der Waals surface area contributed by atoms with Gasteiger partial charge in [0.1, 0.15) is 11.6 Å². The topological polar surface area (TPSA) is 79.2 Å². The van der Waals surface area contributed by atoms with Crippen molar-refractivity contribution >= 4 is 16.8 Å². The number of aromatic amines is 1. The Hall–Kier alpha value is -3.74. The lowest BCUT2D eigenvalue weighted by atomic mass is 10.2. The lowest BCUT2D eigenvalue weighted by molar-refractivity contribution is 0.0693. The average molecular weight is 377 g/mol. The molecule has 0 radical (unpaired) electrons. The summed E-state index contributed by atoms with van der Waals surface area (Å²) in [5, 5.41) is 0.480. The Morgan fingerprint density at radius 3 is 2.57 bits per heavy atom. The Morgan fingerprint density at radius 1 is 1.04 bits per heavy atom. The minimum Gasteiger partial charge on any atom is -0.459 e. The number of carbonyl (C=O) groups is 1. The Morgan fingerprint density at radius 2 is 1.82 bits per heavy atom. The molecule has 6 nitrogen and oxygen atoms in total. The molecule has 1 amide bonds. The number of carbonyl (C=O) groups excluding carboxylic acids is 1. The van der Waals surface area contributed by atoms with Gasteiger partial charge in [-0.05, 0) is 42.0 Å². The van der Waals surface area contributed by atoms with Gasteiger partial charge in [0, 0.05) is 6.54 Å². The molecule has 0 aliphatic heterocycles. The standard InChI is InChI=1S/C21H16FN3O3/c22-15-9-7-14(8-10-15)12-25(21(27)18-6-3-11-28-18)13-19-23-17-5-2-1-4-16(17)20(26)24-19/h1-11H,12-13H2,(H,23,24,26). The van der Waals surface area contributed by atoms with Crippen molar-refractivity contribution < 1.29 is 13.6 Å². The van der Waals surface area contributed by atoms with Crippen molar-refractivity contribution in [2.24, 2.45) is 0 Å². The highest BCUT2D eigenvalue weighted by Crippen LogP contribution is 2.15. The number of amides is 1. The number of benzene rings is 2. The molecule has 0 saturated heterocycles. The van der Waals surface area contributed by atoms with E-state index in [1.165, 1.54) is 23.3 Å². The highest BCUT2D eigenvalue weighted by molar-refractivity contribution is 5.91. The lowest BCUT2D eigenvalue weighted by Crippen LogP contribution is -2.31. The first-order valence-corrected chi connectivity index (χ1v) is 8.65. The Bertz CT molecular complexity index is 1170. The number of aromatic nitrogens is 2. The predicted molar refractivity (Wildman–Crippen MR) is 101 cm³/mol. The van der Waals surface area contributed by atoms with E-state index in [0.717, 1.165) is 5.56 Å². The molecule has 2 heterocycles. The quantitative estimate of drug-likeness (QED) is 0.577. The molecule has 0 spiro atoms. The number of halogens is 1. The van der Waals surface area contributed by atoms with Crippen molar-refractivity contribution in [3.05, 3.63) is 100 Å². The molecule has 140 valence electrons. The summed E-state index contributed by atoms with van der Waals surface area (Å²) in [5.74, 6) is -0.186. The highest BCUT2D eigenvalue weighted by Gasteiger charge is 2.20. The maximum Gasteiger partial charge on any atom is 0.290 e. The molecule has 4 rings (SSSR count). The smallest absolute Gasteiger partial charge is 0.290 e. The third-order valence-electron chi connectivity index (χ3n) is 4.31. The van der Waals surface area contributed by atoms with Crippen molar-refractivity contribution in [1.29, 1.82) is 0 Å². The summed E-state index contributed by atoms with van der Waals surface area (Å²) in [4.78, 5) is 33.8. The first kappa shape index (κ1) is 17.7. The monoisotopic (exact) mass is 377 g/mol.